The highest BCUT2D eigenvalue weighted by molar-refractivity contribution is 5.78. The number of hydrogen-bond acceptors (Lipinski definition) is 3. The molecule has 1 aliphatic rings. The van der Waals surface area contributed by atoms with Gasteiger partial charge in [-0.2, -0.15) is 0 Å². The zero-order chi connectivity index (χ0) is 16.7. The lowest BCUT2D eigenvalue weighted by Crippen LogP contribution is -2.38. The molecule has 1 fully saturated rings. The number of carboxylic acids is 1. The van der Waals surface area contributed by atoms with Gasteiger partial charge in [0.05, 0.1) is 6.54 Å². The van der Waals surface area contributed by atoms with Crippen LogP contribution in [0.2, 0.25) is 0 Å². The van der Waals surface area contributed by atoms with Crippen LogP contribution in [0.5, 0.6) is 0 Å². The van der Waals surface area contributed by atoms with Crippen LogP contribution >= 0.6 is 0 Å². The van der Waals surface area contributed by atoms with Crippen LogP contribution in [0.25, 0.3) is 0 Å². The molecular formula is C18H25NO4. The number of methoxy groups -OCH3 is 1. The largest absolute Gasteiger partial charge is 0.479 e. The Balaban J connectivity index is 1.71. The Kier molecular flexibility index (Phi) is 6.59. The lowest BCUT2D eigenvalue weighted by Gasteiger charge is -2.28. The molecule has 5 nitrogen and oxygen atoms in total. The third kappa shape index (κ3) is 5.36. The molecule has 0 bridgehead atoms. The summed E-state index contributed by atoms with van der Waals surface area (Å²) in [5.74, 6) is -0.159. The van der Waals surface area contributed by atoms with E-state index < -0.39 is 12.1 Å². The number of rotatable bonds is 7. The first-order chi connectivity index (χ1) is 11.1. The number of benzene rings is 1. The maximum atomic E-state index is 11.9. The van der Waals surface area contributed by atoms with Gasteiger partial charge in [-0.15, -0.1) is 0 Å². The molecule has 0 aromatic heterocycles. The molecule has 0 spiro atoms. The standard InChI is InChI=1S/C18H25NO4/c1-23-16(18(21)22)12-19-17(20)11-13-7-9-15(10-8-13)14-5-3-2-4-6-14/h2-6,13,15-16H,7-12H2,1H3,(H,19,20)(H,21,22). The minimum Gasteiger partial charge on any atom is -0.479 e. The molecule has 2 N–H and O–H groups in total. The SMILES string of the molecule is COC(CNC(=O)CC1CCC(c2ccccc2)CC1)C(=O)O. The van der Waals surface area contributed by atoms with E-state index in [9.17, 15) is 9.59 Å². The van der Waals surface area contributed by atoms with Crippen LogP contribution in [0.3, 0.4) is 0 Å². The smallest absolute Gasteiger partial charge is 0.334 e. The van der Waals surface area contributed by atoms with Gasteiger partial charge in [0.1, 0.15) is 0 Å². The topological polar surface area (TPSA) is 75.6 Å². The number of aliphatic carboxylic acids is 1. The van der Waals surface area contributed by atoms with E-state index in [-0.39, 0.29) is 12.5 Å². The zero-order valence-electron chi connectivity index (χ0n) is 13.5. The quantitative estimate of drug-likeness (QED) is 0.810. The van der Waals surface area contributed by atoms with Crippen molar-refractivity contribution in [2.24, 2.45) is 5.92 Å². The molecule has 0 radical (unpaired) electrons. The number of carbonyl (C=O) groups is 2. The molecule has 1 aliphatic carbocycles. The van der Waals surface area contributed by atoms with Crippen molar-refractivity contribution in [1.82, 2.24) is 5.32 Å². The van der Waals surface area contributed by atoms with Gasteiger partial charge in [-0.1, -0.05) is 30.3 Å². The van der Waals surface area contributed by atoms with Crippen molar-refractivity contribution >= 4 is 11.9 Å². The highest BCUT2D eigenvalue weighted by Gasteiger charge is 2.24. The van der Waals surface area contributed by atoms with Crippen molar-refractivity contribution in [1.29, 1.82) is 0 Å². The summed E-state index contributed by atoms with van der Waals surface area (Å²) in [4.78, 5) is 22.8. The molecule has 1 amide bonds. The fourth-order valence-electron chi connectivity index (χ4n) is 3.24. The second kappa shape index (κ2) is 8.67. The van der Waals surface area contributed by atoms with Gasteiger partial charge < -0.3 is 15.2 Å². The van der Waals surface area contributed by atoms with Gasteiger partial charge in [-0.05, 0) is 43.1 Å². The van der Waals surface area contributed by atoms with Crippen LogP contribution in [-0.4, -0.2) is 36.7 Å². The fourth-order valence-corrected chi connectivity index (χ4v) is 3.24. The number of amides is 1. The van der Waals surface area contributed by atoms with Gasteiger partial charge >= 0.3 is 5.97 Å². The van der Waals surface area contributed by atoms with E-state index >= 15 is 0 Å². The van der Waals surface area contributed by atoms with Crippen molar-refractivity contribution in [2.45, 2.75) is 44.1 Å². The summed E-state index contributed by atoms with van der Waals surface area (Å²) >= 11 is 0. The summed E-state index contributed by atoms with van der Waals surface area (Å²) < 4.78 is 4.80. The van der Waals surface area contributed by atoms with E-state index in [0.29, 0.717) is 18.3 Å². The maximum absolute atomic E-state index is 11.9. The van der Waals surface area contributed by atoms with Gasteiger partial charge in [0.2, 0.25) is 5.91 Å². The Morgan fingerprint density at radius 1 is 1.22 bits per heavy atom. The lowest BCUT2D eigenvalue weighted by atomic mass is 9.77. The Hall–Kier alpha value is -1.88. The van der Waals surface area contributed by atoms with E-state index in [1.54, 1.807) is 0 Å². The predicted octanol–water partition coefficient (Wildman–Crippen LogP) is 2.57. The summed E-state index contributed by atoms with van der Waals surface area (Å²) in [5.41, 5.74) is 1.39. The minimum absolute atomic E-state index is 0.0179. The second-order valence-corrected chi connectivity index (χ2v) is 6.20. The summed E-state index contributed by atoms with van der Waals surface area (Å²) in [7, 11) is 1.33. The molecule has 1 unspecified atom stereocenters. The minimum atomic E-state index is -1.06. The van der Waals surface area contributed by atoms with Crippen molar-refractivity contribution in [2.75, 3.05) is 13.7 Å². The van der Waals surface area contributed by atoms with Crippen molar-refractivity contribution in [3.8, 4) is 0 Å². The summed E-state index contributed by atoms with van der Waals surface area (Å²) in [6.07, 6.45) is 3.79. The first kappa shape index (κ1) is 17.5. The molecule has 0 heterocycles. The molecule has 23 heavy (non-hydrogen) atoms. The molecule has 0 saturated heterocycles. The number of ether oxygens (including phenoxy) is 1. The van der Waals surface area contributed by atoms with Gasteiger partial charge in [-0.25, -0.2) is 4.79 Å². The molecule has 5 heteroatoms. The number of hydrogen-bond donors (Lipinski definition) is 2. The predicted molar refractivity (Wildman–Crippen MR) is 87.2 cm³/mol. The lowest BCUT2D eigenvalue weighted by molar-refractivity contribution is -0.148. The number of nitrogens with one attached hydrogen (secondary N) is 1. The third-order valence-corrected chi connectivity index (χ3v) is 4.64. The second-order valence-electron chi connectivity index (χ2n) is 6.20. The number of carboxylic acid groups (broad SMARTS) is 1. The fraction of sp³-hybridized carbons (Fsp3) is 0.556. The number of carbonyl (C=O) groups excluding carboxylic acids is 1. The Morgan fingerprint density at radius 3 is 2.43 bits per heavy atom. The average Bonchev–Trinajstić information content (AvgIpc) is 2.56. The summed E-state index contributed by atoms with van der Waals surface area (Å²) in [5, 5.41) is 11.5. The van der Waals surface area contributed by atoms with Crippen LogP contribution < -0.4 is 5.32 Å². The normalized spacial score (nSPS) is 22.3. The highest BCUT2D eigenvalue weighted by Crippen LogP contribution is 2.36. The van der Waals surface area contributed by atoms with E-state index in [4.69, 9.17) is 9.84 Å². The molecule has 2 rings (SSSR count). The Bertz CT molecular complexity index is 509. The van der Waals surface area contributed by atoms with Crippen LogP contribution in [0, 0.1) is 5.92 Å². The van der Waals surface area contributed by atoms with Crippen LogP contribution in [0.1, 0.15) is 43.6 Å². The molecule has 126 valence electrons. The molecule has 1 aromatic rings. The molecule has 1 aromatic carbocycles. The van der Waals surface area contributed by atoms with Crippen molar-refractivity contribution < 1.29 is 19.4 Å². The third-order valence-electron chi connectivity index (χ3n) is 4.64. The van der Waals surface area contributed by atoms with Gasteiger partial charge in [-0.3, -0.25) is 4.79 Å². The van der Waals surface area contributed by atoms with Gasteiger partial charge in [0, 0.05) is 13.5 Å². The Labute approximate surface area is 137 Å². The van der Waals surface area contributed by atoms with Crippen molar-refractivity contribution in [3.63, 3.8) is 0 Å². The molecule has 1 saturated carbocycles. The maximum Gasteiger partial charge on any atom is 0.334 e. The van der Waals surface area contributed by atoms with E-state index in [1.807, 2.05) is 6.07 Å². The van der Waals surface area contributed by atoms with Gasteiger partial charge in [0.15, 0.2) is 6.10 Å². The Morgan fingerprint density at radius 2 is 1.87 bits per heavy atom. The van der Waals surface area contributed by atoms with Crippen LogP contribution in [0.15, 0.2) is 30.3 Å². The molecule has 1 atom stereocenters. The highest BCUT2D eigenvalue weighted by atomic mass is 16.5. The molecular weight excluding hydrogens is 294 g/mol. The monoisotopic (exact) mass is 319 g/mol. The van der Waals surface area contributed by atoms with E-state index in [0.717, 1.165) is 25.7 Å². The van der Waals surface area contributed by atoms with Crippen LogP contribution in [0.4, 0.5) is 0 Å². The van der Waals surface area contributed by atoms with Gasteiger partial charge in [0.25, 0.3) is 0 Å². The van der Waals surface area contributed by atoms with Crippen molar-refractivity contribution in [3.05, 3.63) is 35.9 Å². The first-order valence-corrected chi connectivity index (χ1v) is 8.17. The van der Waals surface area contributed by atoms with Crippen LogP contribution in [-0.2, 0) is 14.3 Å². The summed E-state index contributed by atoms with van der Waals surface area (Å²) in [6.45, 7) is 0.0179. The molecule has 0 aliphatic heterocycles. The van der Waals surface area contributed by atoms with E-state index in [1.165, 1.54) is 12.7 Å². The first-order valence-electron chi connectivity index (χ1n) is 8.17. The van der Waals surface area contributed by atoms with E-state index in [2.05, 4.69) is 29.6 Å². The zero-order valence-corrected chi connectivity index (χ0v) is 13.5. The summed E-state index contributed by atoms with van der Waals surface area (Å²) in [6, 6.07) is 10.5. The average molecular weight is 319 g/mol.